The molecular weight excluding hydrogens is 282 g/mol. The highest BCUT2D eigenvalue weighted by Gasteiger charge is 2.39. The second kappa shape index (κ2) is 5.14. The molecule has 2 rings (SSSR count). The van der Waals surface area contributed by atoms with Gasteiger partial charge < -0.3 is 10.6 Å². The molecule has 0 aromatic carbocycles. The largest absolute Gasteiger partial charge is 0.322 e. The van der Waals surface area contributed by atoms with Crippen molar-refractivity contribution in [3.63, 3.8) is 0 Å². The van der Waals surface area contributed by atoms with Crippen LogP contribution >= 0.6 is 15.9 Å². The van der Waals surface area contributed by atoms with E-state index >= 15 is 0 Å². The molecule has 1 fully saturated rings. The molecule has 0 saturated carbocycles. The van der Waals surface area contributed by atoms with E-state index in [0.717, 1.165) is 31.5 Å². The van der Waals surface area contributed by atoms with E-state index in [1.165, 1.54) is 0 Å². The fraction of sp³-hybridized carbons (Fsp3) is 0.500. The standard InChI is InChI=1S/C12H16BrN3O/c1-2-12(6-4-8-15-12)11(17)16-9-5-3-7-14-10(9)13/h3,5,7,15H,2,4,6,8H2,1H3,(H,16,17). The van der Waals surface area contributed by atoms with Crippen molar-refractivity contribution in [3.05, 3.63) is 22.9 Å². The fourth-order valence-corrected chi connectivity index (χ4v) is 2.53. The molecule has 1 atom stereocenters. The summed E-state index contributed by atoms with van der Waals surface area (Å²) in [5.74, 6) is 0.0335. The first-order valence-corrected chi connectivity index (χ1v) is 6.64. The van der Waals surface area contributed by atoms with Crippen LogP contribution in [0.3, 0.4) is 0 Å². The van der Waals surface area contributed by atoms with Gasteiger partial charge in [0.25, 0.3) is 0 Å². The van der Waals surface area contributed by atoms with Crippen molar-refractivity contribution in [1.82, 2.24) is 10.3 Å². The Morgan fingerprint density at radius 2 is 2.53 bits per heavy atom. The van der Waals surface area contributed by atoms with Crippen molar-refractivity contribution in [3.8, 4) is 0 Å². The monoisotopic (exact) mass is 297 g/mol. The molecular formula is C12H16BrN3O. The van der Waals surface area contributed by atoms with Gasteiger partial charge in [-0.25, -0.2) is 4.98 Å². The number of rotatable bonds is 3. The third-order valence-corrected chi connectivity index (χ3v) is 3.92. The van der Waals surface area contributed by atoms with Crippen LogP contribution in [0.25, 0.3) is 0 Å². The maximum atomic E-state index is 12.3. The first-order chi connectivity index (χ1) is 8.18. The Morgan fingerprint density at radius 3 is 3.12 bits per heavy atom. The Kier molecular flexibility index (Phi) is 3.79. The number of anilines is 1. The lowest BCUT2D eigenvalue weighted by molar-refractivity contribution is -0.122. The van der Waals surface area contributed by atoms with Crippen molar-refractivity contribution in [2.75, 3.05) is 11.9 Å². The van der Waals surface area contributed by atoms with E-state index in [9.17, 15) is 4.79 Å². The molecule has 2 N–H and O–H groups in total. The highest BCUT2D eigenvalue weighted by atomic mass is 79.9. The highest BCUT2D eigenvalue weighted by Crippen LogP contribution is 2.26. The van der Waals surface area contributed by atoms with Crippen LogP contribution in [0.5, 0.6) is 0 Å². The number of hydrogen-bond donors (Lipinski definition) is 2. The van der Waals surface area contributed by atoms with Crippen LogP contribution < -0.4 is 10.6 Å². The number of hydrogen-bond acceptors (Lipinski definition) is 3. The normalized spacial score (nSPS) is 23.6. The number of nitrogens with zero attached hydrogens (tertiary/aromatic N) is 1. The van der Waals surface area contributed by atoms with Crippen LogP contribution in [0.15, 0.2) is 22.9 Å². The molecule has 0 bridgehead atoms. The molecule has 1 aliphatic heterocycles. The Morgan fingerprint density at radius 1 is 1.71 bits per heavy atom. The number of carbonyl (C=O) groups excluding carboxylic acids is 1. The van der Waals surface area contributed by atoms with Gasteiger partial charge in [-0.05, 0) is 53.9 Å². The van der Waals surface area contributed by atoms with Gasteiger partial charge in [-0.15, -0.1) is 0 Å². The van der Waals surface area contributed by atoms with E-state index in [1.807, 2.05) is 13.0 Å². The molecule has 0 spiro atoms. The minimum Gasteiger partial charge on any atom is -0.322 e. The van der Waals surface area contributed by atoms with E-state index in [1.54, 1.807) is 12.3 Å². The first-order valence-electron chi connectivity index (χ1n) is 5.85. The van der Waals surface area contributed by atoms with Crippen LogP contribution in [0.1, 0.15) is 26.2 Å². The third-order valence-electron chi connectivity index (χ3n) is 3.29. The van der Waals surface area contributed by atoms with Gasteiger partial charge in [-0.3, -0.25) is 4.79 Å². The number of halogens is 1. The van der Waals surface area contributed by atoms with Crippen LogP contribution in [0.4, 0.5) is 5.69 Å². The molecule has 0 radical (unpaired) electrons. The molecule has 1 aromatic rings. The highest BCUT2D eigenvalue weighted by molar-refractivity contribution is 9.10. The van der Waals surface area contributed by atoms with Crippen molar-refractivity contribution in [1.29, 1.82) is 0 Å². The molecule has 92 valence electrons. The van der Waals surface area contributed by atoms with Crippen LogP contribution in [-0.4, -0.2) is 23.0 Å². The molecule has 1 aromatic heterocycles. The van der Waals surface area contributed by atoms with Crippen molar-refractivity contribution in [2.45, 2.75) is 31.7 Å². The summed E-state index contributed by atoms with van der Waals surface area (Å²) in [6.07, 6.45) is 4.43. The SMILES string of the molecule is CCC1(C(=O)Nc2cccnc2Br)CCCN1. The van der Waals surface area contributed by atoms with Crippen molar-refractivity contribution < 1.29 is 4.79 Å². The Balaban J connectivity index is 2.14. The molecule has 5 heteroatoms. The molecule has 1 aliphatic rings. The maximum Gasteiger partial charge on any atom is 0.244 e. The predicted octanol–water partition coefficient (Wildman–Crippen LogP) is 2.31. The summed E-state index contributed by atoms with van der Waals surface area (Å²) in [5, 5.41) is 6.24. The molecule has 0 aliphatic carbocycles. The zero-order valence-electron chi connectivity index (χ0n) is 9.79. The molecule has 4 nitrogen and oxygen atoms in total. The van der Waals surface area contributed by atoms with Crippen molar-refractivity contribution >= 4 is 27.5 Å². The fourth-order valence-electron chi connectivity index (χ4n) is 2.18. The summed E-state index contributed by atoms with van der Waals surface area (Å²) in [4.78, 5) is 16.4. The first kappa shape index (κ1) is 12.5. The van der Waals surface area contributed by atoms with E-state index in [2.05, 4.69) is 31.5 Å². The number of carbonyl (C=O) groups is 1. The second-order valence-electron chi connectivity index (χ2n) is 4.26. The number of amides is 1. The Bertz CT molecular complexity index is 416. The summed E-state index contributed by atoms with van der Waals surface area (Å²) in [7, 11) is 0. The number of pyridine rings is 1. The Labute approximate surface area is 109 Å². The summed E-state index contributed by atoms with van der Waals surface area (Å²) in [6, 6.07) is 3.65. The molecule has 1 amide bonds. The zero-order valence-corrected chi connectivity index (χ0v) is 11.4. The topological polar surface area (TPSA) is 54.0 Å². The smallest absolute Gasteiger partial charge is 0.244 e. The predicted molar refractivity (Wildman–Crippen MR) is 70.8 cm³/mol. The quantitative estimate of drug-likeness (QED) is 0.842. The lowest BCUT2D eigenvalue weighted by Gasteiger charge is -2.26. The Hall–Kier alpha value is -0.940. The van der Waals surface area contributed by atoms with Gasteiger partial charge >= 0.3 is 0 Å². The van der Waals surface area contributed by atoms with Gasteiger partial charge in [0.1, 0.15) is 4.60 Å². The lowest BCUT2D eigenvalue weighted by atomic mass is 9.93. The summed E-state index contributed by atoms with van der Waals surface area (Å²) >= 11 is 3.33. The van der Waals surface area contributed by atoms with Crippen LogP contribution in [0.2, 0.25) is 0 Å². The van der Waals surface area contributed by atoms with Crippen LogP contribution in [-0.2, 0) is 4.79 Å². The van der Waals surface area contributed by atoms with Crippen LogP contribution in [0, 0.1) is 0 Å². The lowest BCUT2D eigenvalue weighted by Crippen LogP contribution is -2.50. The van der Waals surface area contributed by atoms with E-state index in [4.69, 9.17) is 0 Å². The molecule has 1 saturated heterocycles. The summed E-state index contributed by atoms with van der Waals surface area (Å²) in [5.41, 5.74) is 0.314. The minimum atomic E-state index is -0.407. The number of aromatic nitrogens is 1. The minimum absolute atomic E-state index is 0.0335. The van der Waals surface area contributed by atoms with E-state index < -0.39 is 5.54 Å². The van der Waals surface area contributed by atoms with E-state index in [0.29, 0.717) is 4.60 Å². The van der Waals surface area contributed by atoms with Gasteiger partial charge in [0.15, 0.2) is 0 Å². The summed E-state index contributed by atoms with van der Waals surface area (Å²) < 4.78 is 0.664. The maximum absolute atomic E-state index is 12.3. The summed E-state index contributed by atoms with van der Waals surface area (Å²) in [6.45, 7) is 2.95. The average molecular weight is 298 g/mol. The average Bonchev–Trinajstić information content (AvgIpc) is 2.82. The van der Waals surface area contributed by atoms with Gasteiger partial charge in [0.05, 0.1) is 11.2 Å². The second-order valence-corrected chi connectivity index (χ2v) is 5.01. The van der Waals surface area contributed by atoms with Crippen molar-refractivity contribution in [2.24, 2.45) is 0 Å². The molecule has 17 heavy (non-hydrogen) atoms. The van der Waals surface area contributed by atoms with Gasteiger partial charge in [-0.2, -0.15) is 0 Å². The van der Waals surface area contributed by atoms with Gasteiger partial charge in [0, 0.05) is 6.20 Å². The number of nitrogens with one attached hydrogen (secondary N) is 2. The molecule has 2 heterocycles. The van der Waals surface area contributed by atoms with Gasteiger partial charge in [0.2, 0.25) is 5.91 Å². The zero-order chi connectivity index (χ0) is 12.3. The third kappa shape index (κ3) is 2.50. The molecule has 1 unspecified atom stereocenters. The van der Waals surface area contributed by atoms with E-state index in [-0.39, 0.29) is 5.91 Å². The van der Waals surface area contributed by atoms with Gasteiger partial charge in [-0.1, -0.05) is 6.92 Å².